The molecule has 2 aromatic rings. The van der Waals surface area contributed by atoms with Crippen LogP contribution in [-0.2, 0) is 0 Å². The zero-order chi connectivity index (χ0) is 10.1. The second-order valence-electron chi connectivity index (χ2n) is 3.11. The molecule has 72 valence electrons. The fourth-order valence-electron chi connectivity index (χ4n) is 1.37. The first kappa shape index (κ1) is 9.51. The van der Waals surface area contributed by atoms with Crippen LogP contribution in [0.25, 0.3) is 11.3 Å². The van der Waals surface area contributed by atoms with Gasteiger partial charge in [0.25, 0.3) is 0 Å². The van der Waals surface area contributed by atoms with Gasteiger partial charge in [0.05, 0.1) is 9.26 Å². The van der Waals surface area contributed by atoms with Crippen molar-refractivity contribution in [1.82, 2.24) is 10.2 Å². The highest BCUT2D eigenvalue weighted by Gasteiger charge is 2.10. The van der Waals surface area contributed by atoms with E-state index in [1.807, 2.05) is 12.1 Å². The third-order valence-electron chi connectivity index (χ3n) is 2.15. The Balaban J connectivity index is 2.60. The first-order chi connectivity index (χ1) is 6.70. The molecule has 0 amide bonds. The predicted octanol–water partition coefficient (Wildman–Crippen LogP) is 2.57. The molecule has 3 nitrogen and oxygen atoms in total. The lowest BCUT2D eigenvalue weighted by Gasteiger charge is -2.02. The minimum Gasteiger partial charge on any atom is -0.381 e. The van der Waals surface area contributed by atoms with Gasteiger partial charge in [-0.15, -0.1) is 0 Å². The Morgan fingerprint density at radius 2 is 2.07 bits per heavy atom. The Bertz CT molecular complexity index is 462. The Morgan fingerprint density at radius 3 is 2.64 bits per heavy atom. The van der Waals surface area contributed by atoms with Gasteiger partial charge in [-0.05, 0) is 35.1 Å². The van der Waals surface area contributed by atoms with Crippen LogP contribution in [0.3, 0.4) is 0 Å². The average molecular weight is 299 g/mol. The van der Waals surface area contributed by atoms with Gasteiger partial charge in [0.15, 0.2) is 5.82 Å². The summed E-state index contributed by atoms with van der Waals surface area (Å²) in [5.41, 5.74) is 9.05. The molecule has 0 unspecified atom stereocenters. The van der Waals surface area contributed by atoms with E-state index in [2.05, 4.69) is 51.8 Å². The van der Waals surface area contributed by atoms with Crippen molar-refractivity contribution in [2.75, 3.05) is 5.73 Å². The number of nitrogens with one attached hydrogen (secondary N) is 1. The number of hydrogen-bond acceptors (Lipinski definition) is 2. The molecule has 0 atom stereocenters. The van der Waals surface area contributed by atoms with Gasteiger partial charge in [0.2, 0.25) is 0 Å². The largest absolute Gasteiger partial charge is 0.381 e. The Labute approximate surface area is 95.9 Å². The van der Waals surface area contributed by atoms with Gasteiger partial charge in [0, 0.05) is 5.56 Å². The summed E-state index contributed by atoms with van der Waals surface area (Å²) < 4.78 is 0.983. The molecule has 1 aromatic carbocycles. The molecule has 14 heavy (non-hydrogen) atoms. The van der Waals surface area contributed by atoms with Gasteiger partial charge in [0.1, 0.15) is 0 Å². The van der Waals surface area contributed by atoms with Crippen molar-refractivity contribution in [3.8, 4) is 11.3 Å². The minimum absolute atomic E-state index is 0.559. The van der Waals surface area contributed by atoms with Crippen LogP contribution in [0.5, 0.6) is 0 Å². The first-order valence-electron chi connectivity index (χ1n) is 4.25. The maximum Gasteiger partial charge on any atom is 0.159 e. The molecule has 1 aromatic heterocycles. The van der Waals surface area contributed by atoms with Crippen LogP contribution < -0.4 is 5.73 Å². The fourth-order valence-corrected chi connectivity index (χ4v) is 1.91. The Kier molecular flexibility index (Phi) is 2.45. The summed E-state index contributed by atoms with van der Waals surface area (Å²) in [5, 5.41) is 6.93. The number of halogens is 1. The molecule has 0 saturated heterocycles. The molecule has 0 bridgehead atoms. The van der Waals surface area contributed by atoms with Crippen molar-refractivity contribution in [2.45, 2.75) is 6.92 Å². The highest BCUT2D eigenvalue weighted by molar-refractivity contribution is 14.1. The number of aromatic amines is 1. The van der Waals surface area contributed by atoms with E-state index in [9.17, 15) is 0 Å². The SMILES string of the molecule is Cc1ccccc1-c1[nH]nc(N)c1I. The Hall–Kier alpha value is -1.04. The van der Waals surface area contributed by atoms with Crippen molar-refractivity contribution in [1.29, 1.82) is 0 Å². The van der Waals surface area contributed by atoms with E-state index in [1.165, 1.54) is 5.56 Å². The number of aryl methyl sites for hydroxylation is 1. The van der Waals surface area contributed by atoms with Gasteiger partial charge in [-0.25, -0.2) is 0 Å². The number of aromatic nitrogens is 2. The van der Waals surface area contributed by atoms with Crippen LogP contribution in [0.1, 0.15) is 5.56 Å². The molecule has 0 saturated carbocycles. The van der Waals surface area contributed by atoms with Gasteiger partial charge in [-0.3, -0.25) is 5.10 Å². The van der Waals surface area contributed by atoms with Gasteiger partial charge < -0.3 is 5.73 Å². The van der Waals surface area contributed by atoms with Crippen LogP contribution in [0, 0.1) is 10.5 Å². The highest BCUT2D eigenvalue weighted by atomic mass is 127. The molecule has 0 aliphatic rings. The average Bonchev–Trinajstić information content (AvgIpc) is 2.49. The summed E-state index contributed by atoms with van der Waals surface area (Å²) in [6.45, 7) is 2.07. The van der Waals surface area contributed by atoms with Crippen molar-refractivity contribution >= 4 is 28.4 Å². The van der Waals surface area contributed by atoms with E-state index in [1.54, 1.807) is 0 Å². The third-order valence-corrected chi connectivity index (χ3v) is 3.24. The number of nitrogen functional groups attached to an aromatic ring is 1. The maximum atomic E-state index is 5.68. The topological polar surface area (TPSA) is 54.7 Å². The molecule has 1 heterocycles. The van der Waals surface area contributed by atoms with Crippen LogP contribution in [0.15, 0.2) is 24.3 Å². The lowest BCUT2D eigenvalue weighted by atomic mass is 10.1. The van der Waals surface area contributed by atoms with Crippen LogP contribution in [0.4, 0.5) is 5.82 Å². The molecule has 0 radical (unpaired) electrons. The summed E-state index contributed by atoms with van der Waals surface area (Å²) in [7, 11) is 0. The molecule has 3 N–H and O–H groups in total. The van der Waals surface area contributed by atoms with Gasteiger partial charge in [-0.1, -0.05) is 24.3 Å². The van der Waals surface area contributed by atoms with E-state index in [-0.39, 0.29) is 0 Å². The molecule has 2 rings (SSSR count). The Morgan fingerprint density at radius 1 is 1.36 bits per heavy atom. The minimum atomic E-state index is 0.559. The van der Waals surface area contributed by atoms with E-state index in [4.69, 9.17) is 5.73 Å². The lowest BCUT2D eigenvalue weighted by Crippen LogP contribution is -1.87. The highest BCUT2D eigenvalue weighted by Crippen LogP contribution is 2.28. The van der Waals surface area contributed by atoms with E-state index >= 15 is 0 Å². The smallest absolute Gasteiger partial charge is 0.159 e. The number of nitrogens with zero attached hydrogens (tertiary/aromatic N) is 1. The monoisotopic (exact) mass is 299 g/mol. The standard InChI is InChI=1S/C10H10IN3/c1-6-4-2-3-5-7(6)9-8(11)10(12)14-13-9/h2-5H,1H3,(H3,12,13,14). The molecule has 0 aliphatic heterocycles. The van der Waals surface area contributed by atoms with Crippen LogP contribution in [-0.4, -0.2) is 10.2 Å². The summed E-state index contributed by atoms with van der Waals surface area (Å²) in [4.78, 5) is 0. The fraction of sp³-hybridized carbons (Fsp3) is 0.100. The molecule has 0 aliphatic carbocycles. The zero-order valence-electron chi connectivity index (χ0n) is 7.71. The number of nitrogens with two attached hydrogens (primary N) is 1. The second kappa shape index (κ2) is 3.61. The summed E-state index contributed by atoms with van der Waals surface area (Å²) >= 11 is 2.20. The number of hydrogen-bond donors (Lipinski definition) is 2. The summed E-state index contributed by atoms with van der Waals surface area (Å²) in [6, 6.07) is 8.16. The van der Waals surface area contributed by atoms with E-state index < -0.39 is 0 Å². The van der Waals surface area contributed by atoms with E-state index in [0.29, 0.717) is 5.82 Å². The van der Waals surface area contributed by atoms with Crippen molar-refractivity contribution in [2.24, 2.45) is 0 Å². The second-order valence-corrected chi connectivity index (χ2v) is 4.19. The molecule has 4 heteroatoms. The zero-order valence-corrected chi connectivity index (χ0v) is 9.87. The molecule has 0 spiro atoms. The lowest BCUT2D eigenvalue weighted by molar-refractivity contribution is 1.10. The molecular weight excluding hydrogens is 289 g/mol. The summed E-state index contributed by atoms with van der Waals surface area (Å²) in [5.74, 6) is 0.559. The van der Waals surface area contributed by atoms with Gasteiger partial charge in [-0.2, -0.15) is 5.10 Å². The number of anilines is 1. The van der Waals surface area contributed by atoms with Crippen LogP contribution >= 0.6 is 22.6 Å². The van der Waals surface area contributed by atoms with Crippen molar-refractivity contribution in [3.05, 3.63) is 33.4 Å². The van der Waals surface area contributed by atoms with E-state index in [0.717, 1.165) is 14.8 Å². The molecular formula is C10H10IN3. The maximum absolute atomic E-state index is 5.68. The van der Waals surface area contributed by atoms with Crippen LogP contribution in [0.2, 0.25) is 0 Å². The van der Waals surface area contributed by atoms with Gasteiger partial charge >= 0.3 is 0 Å². The quantitative estimate of drug-likeness (QED) is 0.795. The van der Waals surface area contributed by atoms with Crippen molar-refractivity contribution in [3.63, 3.8) is 0 Å². The molecule has 0 fully saturated rings. The summed E-state index contributed by atoms with van der Waals surface area (Å²) in [6.07, 6.45) is 0. The van der Waals surface area contributed by atoms with Crippen molar-refractivity contribution < 1.29 is 0 Å². The normalized spacial score (nSPS) is 10.4. The number of benzene rings is 1. The number of H-pyrrole nitrogens is 1. The third kappa shape index (κ3) is 1.50. The first-order valence-corrected chi connectivity index (χ1v) is 5.33. The number of rotatable bonds is 1. The predicted molar refractivity (Wildman–Crippen MR) is 65.9 cm³/mol.